The molecule has 0 radical (unpaired) electrons. The number of nitrogens with one attached hydrogen (secondary N) is 2. The Kier molecular flexibility index (Phi) is 4.74. The van der Waals surface area contributed by atoms with Crippen molar-refractivity contribution in [2.24, 2.45) is 5.92 Å². The van der Waals surface area contributed by atoms with Crippen LogP contribution in [0.3, 0.4) is 0 Å². The van der Waals surface area contributed by atoms with E-state index in [4.69, 9.17) is 0 Å². The normalized spacial score (nSPS) is 19.4. The molecule has 5 nitrogen and oxygen atoms in total. The molecule has 2 N–H and O–H groups in total. The highest BCUT2D eigenvalue weighted by Gasteiger charge is 2.21. The van der Waals surface area contributed by atoms with Gasteiger partial charge in [-0.3, -0.25) is 4.79 Å². The van der Waals surface area contributed by atoms with E-state index in [1.54, 1.807) is 6.20 Å². The van der Waals surface area contributed by atoms with Crippen LogP contribution in [-0.2, 0) is 4.79 Å². The van der Waals surface area contributed by atoms with E-state index in [2.05, 4.69) is 27.6 Å². The predicted octanol–water partition coefficient (Wildman–Crippen LogP) is 1.79. The number of carbonyl (C=O) groups excluding carboxylic acids is 1. The van der Waals surface area contributed by atoms with Crippen molar-refractivity contribution in [3.05, 3.63) is 18.3 Å². The minimum absolute atomic E-state index is 0.0818. The van der Waals surface area contributed by atoms with Crippen LogP contribution in [0.1, 0.15) is 19.8 Å². The Hall–Kier alpha value is -1.62. The first-order chi connectivity index (χ1) is 9.17. The lowest BCUT2D eigenvalue weighted by atomic mass is 10.0. The van der Waals surface area contributed by atoms with Gasteiger partial charge in [-0.2, -0.15) is 0 Å². The van der Waals surface area contributed by atoms with Gasteiger partial charge < -0.3 is 15.5 Å². The number of pyridine rings is 1. The molecule has 2 rings (SSSR count). The number of carbonyl (C=O) groups is 1. The van der Waals surface area contributed by atoms with Crippen molar-refractivity contribution in [2.75, 3.05) is 37.3 Å². The minimum Gasteiger partial charge on any atom is -0.370 e. The van der Waals surface area contributed by atoms with E-state index in [0.29, 0.717) is 12.3 Å². The number of hydrogen-bond acceptors (Lipinski definition) is 4. The molecule has 1 aliphatic heterocycles. The maximum Gasteiger partial charge on any atom is 0.224 e. The second-order valence-electron chi connectivity index (χ2n) is 5.13. The molecule has 1 aromatic rings. The lowest BCUT2D eigenvalue weighted by molar-refractivity contribution is -0.117. The van der Waals surface area contributed by atoms with Gasteiger partial charge in [0.15, 0.2) is 0 Å². The van der Waals surface area contributed by atoms with Gasteiger partial charge in [-0.05, 0) is 45.0 Å². The summed E-state index contributed by atoms with van der Waals surface area (Å²) in [4.78, 5) is 18.4. The van der Waals surface area contributed by atoms with Crippen LogP contribution >= 0.6 is 0 Å². The quantitative estimate of drug-likeness (QED) is 0.849. The number of likely N-dealkylation sites (tertiary alicyclic amines) is 1. The molecular weight excluding hydrogens is 240 g/mol. The van der Waals surface area contributed by atoms with Gasteiger partial charge in [-0.25, -0.2) is 4.98 Å². The minimum atomic E-state index is 0.0818. The van der Waals surface area contributed by atoms with E-state index in [1.165, 1.54) is 0 Å². The monoisotopic (exact) mass is 262 g/mol. The van der Waals surface area contributed by atoms with Crippen LogP contribution in [-0.4, -0.2) is 42.5 Å². The first kappa shape index (κ1) is 13.8. The molecule has 1 aromatic heterocycles. The molecule has 1 saturated heterocycles. The third-order valence-corrected chi connectivity index (χ3v) is 3.37. The molecule has 1 unspecified atom stereocenters. The Balaban J connectivity index is 1.81. The Morgan fingerprint density at radius 2 is 2.37 bits per heavy atom. The number of hydrogen-bond donors (Lipinski definition) is 2. The Morgan fingerprint density at radius 1 is 1.53 bits per heavy atom. The Labute approximate surface area is 114 Å². The second kappa shape index (κ2) is 6.52. The molecule has 0 bridgehead atoms. The molecule has 1 fully saturated rings. The van der Waals surface area contributed by atoms with Crippen LogP contribution in [0.15, 0.2) is 18.3 Å². The average molecular weight is 262 g/mol. The second-order valence-corrected chi connectivity index (χ2v) is 5.13. The van der Waals surface area contributed by atoms with E-state index in [-0.39, 0.29) is 5.91 Å². The topological polar surface area (TPSA) is 57.3 Å². The number of aromatic nitrogens is 1. The highest BCUT2D eigenvalue weighted by Crippen LogP contribution is 2.19. The van der Waals surface area contributed by atoms with Gasteiger partial charge in [-0.1, -0.05) is 0 Å². The van der Waals surface area contributed by atoms with Crippen molar-refractivity contribution in [3.8, 4) is 0 Å². The summed E-state index contributed by atoms with van der Waals surface area (Å²) in [5, 5.41) is 6.03. The predicted molar refractivity (Wildman–Crippen MR) is 77.3 cm³/mol. The van der Waals surface area contributed by atoms with Crippen LogP contribution in [0.2, 0.25) is 0 Å². The van der Waals surface area contributed by atoms with Crippen molar-refractivity contribution < 1.29 is 4.79 Å². The standard InChI is InChI=1S/C14H22N4O/c1-3-15-13-5-4-12(9-16-13)17-14(19)8-11-6-7-18(2)10-11/h4-5,9,11H,3,6-8,10H2,1-2H3,(H,15,16)(H,17,19). The van der Waals surface area contributed by atoms with Crippen molar-refractivity contribution in [1.29, 1.82) is 0 Å². The molecular formula is C14H22N4O. The van der Waals surface area contributed by atoms with Gasteiger partial charge in [0.25, 0.3) is 0 Å². The van der Waals surface area contributed by atoms with E-state index < -0.39 is 0 Å². The lowest BCUT2D eigenvalue weighted by Gasteiger charge is -2.11. The van der Waals surface area contributed by atoms with E-state index >= 15 is 0 Å². The summed E-state index contributed by atoms with van der Waals surface area (Å²) in [6.07, 6.45) is 3.40. The molecule has 0 aromatic carbocycles. The van der Waals surface area contributed by atoms with Crippen LogP contribution in [0, 0.1) is 5.92 Å². The molecule has 19 heavy (non-hydrogen) atoms. The fourth-order valence-corrected chi connectivity index (χ4v) is 2.42. The molecule has 1 amide bonds. The van der Waals surface area contributed by atoms with Gasteiger partial charge in [0.2, 0.25) is 5.91 Å². The van der Waals surface area contributed by atoms with Crippen molar-refractivity contribution in [1.82, 2.24) is 9.88 Å². The summed E-state index contributed by atoms with van der Waals surface area (Å²) in [6, 6.07) is 3.76. The molecule has 0 saturated carbocycles. The maximum absolute atomic E-state index is 11.9. The van der Waals surface area contributed by atoms with Gasteiger partial charge in [0.05, 0.1) is 11.9 Å². The summed E-state index contributed by atoms with van der Waals surface area (Å²) in [7, 11) is 2.10. The van der Waals surface area contributed by atoms with Crippen LogP contribution in [0.4, 0.5) is 11.5 Å². The summed E-state index contributed by atoms with van der Waals surface area (Å²) >= 11 is 0. The highest BCUT2D eigenvalue weighted by molar-refractivity contribution is 5.90. The summed E-state index contributed by atoms with van der Waals surface area (Å²) in [5.41, 5.74) is 0.762. The van der Waals surface area contributed by atoms with Crippen LogP contribution in [0.5, 0.6) is 0 Å². The molecule has 1 atom stereocenters. The zero-order chi connectivity index (χ0) is 13.7. The van der Waals surface area contributed by atoms with E-state index in [0.717, 1.165) is 37.6 Å². The molecule has 0 spiro atoms. The van der Waals surface area contributed by atoms with Crippen molar-refractivity contribution >= 4 is 17.4 Å². The Bertz CT molecular complexity index is 418. The largest absolute Gasteiger partial charge is 0.370 e. The van der Waals surface area contributed by atoms with Gasteiger partial charge in [-0.15, -0.1) is 0 Å². The van der Waals surface area contributed by atoms with Gasteiger partial charge >= 0.3 is 0 Å². The SMILES string of the molecule is CCNc1ccc(NC(=O)CC2CCN(C)C2)cn1. The molecule has 104 valence electrons. The van der Waals surface area contributed by atoms with Gasteiger partial charge in [0.1, 0.15) is 5.82 Å². The van der Waals surface area contributed by atoms with E-state index in [9.17, 15) is 4.79 Å². The zero-order valence-electron chi connectivity index (χ0n) is 11.6. The van der Waals surface area contributed by atoms with Gasteiger partial charge in [0, 0.05) is 19.5 Å². The molecule has 2 heterocycles. The summed E-state index contributed by atoms with van der Waals surface area (Å²) in [6.45, 7) is 4.98. The number of nitrogens with zero attached hydrogens (tertiary/aromatic N) is 2. The summed E-state index contributed by atoms with van der Waals surface area (Å²) < 4.78 is 0. The maximum atomic E-state index is 11.9. The van der Waals surface area contributed by atoms with Crippen LogP contribution in [0.25, 0.3) is 0 Å². The number of anilines is 2. The molecule has 5 heteroatoms. The number of rotatable bonds is 5. The first-order valence-corrected chi connectivity index (χ1v) is 6.85. The lowest BCUT2D eigenvalue weighted by Crippen LogP contribution is -2.19. The smallest absolute Gasteiger partial charge is 0.224 e. The zero-order valence-corrected chi connectivity index (χ0v) is 11.6. The van der Waals surface area contributed by atoms with Crippen molar-refractivity contribution in [3.63, 3.8) is 0 Å². The Morgan fingerprint density at radius 3 is 2.95 bits per heavy atom. The van der Waals surface area contributed by atoms with Crippen molar-refractivity contribution in [2.45, 2.75) is 19.8 Å². The highest BCUT2D eigenvalue weighted by atomic mass is 16.1. The molecule has 0 aliphatic carbocycles. The third-order valence-electron chi connectivity index (χ3n) is 3.37. The average Bonchev–Trinajstić information content (AvgIpc) is 2.77. The number of amides is 1. The van der Waals surface area contributed by atoms with Crippen LogP contribution < -0.4 is 10.6 Å². The first-order valence-electron chi connectivity index (χ1n) is 6.85. The summed E-state index contributed by atoms with van der Waals surface area (Å²) in [5.74, 6) is 1.40. The third kappa shape index (κ3) is 4.21. The fourth-order valence-electron chi connectivity index (χ4n) is 2.42. The molecule has 1 aliphatic rings. The fraction of sp³-hybridized carbons (Fsp3) is 0.571. The van der Waals surface area contributed by atoms with E-state index in [1.807, 2.05) is 19.1 Å².